The Morgan fingerprint density at radius 2 is 1.77 bits per heavy atom. The van der Waals surface area contributed by atoms with Gasteiger partial charge in [-0.15, -0.1) is 0 Å². The van der Waals surface area contributed by atoms with Crippen molar-refractivity contribution in [3.05, 3.63) is 57.6 Å². The molecule has 142 valence electrons. The number of phenols is 1. The van der Waals surface area contributed by atoms with Crippen molar-refractivity contribution < 1.29 is 19.3 Å². The van der Waals surface area contributed by atoms with Crippen LogP contribution in [-0.2, 0) is 11.0 Å². The van der Waals surface area contributed by atoms with Gasteiger partial charge in [-0.25, -0.2) is 0 Å². The maximum Gasteiger partial charge on any atom is 0.233 e. The lowest BCUT2D eigenvalue weighted by Gasteiger charge is -2.19. The summed E-state index contributed by atoms with van der Waals surface area (Å²) in [5.41, 5.74) is 6.53. The molecule has 0 heterocycles. The first-order valence-electron chi connectivity index (χ1n) is 8.83. The van der Waals surface area contributed by atoms with E-state index in [1.165, 1.54) is 12.2 Å². The van der Waals surface area contributed by atoms with Crippen LogP contribution in [0.2, 0.25) is 0 Å². The third-order valence-corrected chi connectivity index (χ3v) is 5.37. The van der Waals surface area contributed by atoms with Crippen molar-refractivity contribution in [2.75, 3.05) is 13.0 Å². The summed E-state index contributed by atoms with van der Waals surface area (Å²) in [7, 11) is -3.21. The van der Waals surface area contributed by atoms with Crippen molar-refractivity contribution in [1.29, 1.82) is 0 Å². The normalized spacial score (nSPS) is 13.7. The zero-order valence-electron chi connectivity index (χ0n) is 16.5. The molecule has 4 nitrogen and oxygen atoms in total. The highest BCUT2D eigenvalue weighted by molar-refractivity contribution is 7.56. The molecular formula is C21H29O4P. The molecule has 0 radical (unpaired) electrons. The van der Waals surface area contributed by atoms with Crippen LogP contribution in [0.3, 0.4) is 0 Å². The molecule has 0 aromatic heterocycles. The molecule has 2 N–H and O–H groups in total. The second-order valence-electron chi connectivity index (χ2n) is 7.47. The van der Waals surface area contributed by atoms with Crippen molar-refractivity contribution in [3.63, 3.8) is 0 Å². The SMILES string of the molecule is Cc1cc(OCP(C)(=O)O)c(C)c(C)c1Cc1ccc(O)c(C(C)C)c1. The first kappa shape index (κ1) is 20.5. The van der Waals surface area contributed by atoms with E-state index in [2.05, 4.69) is 26.8 Å². The van der Waals surface area contributed by atoms with E-state index in [-0.39, 0.29) is 12.3 Å². The van der Waals surface area contributed by atoms with Gasteiger partial charge in [-0.05, 0) is 78.6 Å². The second kappa shape index (κ2) is 7.85. The molecule has 0 spiro atoms. The quantitative estimate of drug-likeness (QED) is 0.674. The Labute approximate surface area is 156 Å². The zero-order chi connectivity index (χ0) is 19.6. The molecule has 5 heteroatoms. The molecule has 2 rings (SSSR count). The Hall–Kier alpha value is -1.77. The molecule has 1 unspecified atom stereocenters. The van der Waals surface area contributed by atoms with E-state index >= 15 is 0 Å². The van der Waals surface area contributed by atoms with Crippen molar-refractivity contribution in [2.24, 2.45) is 0 Å². The van der Waals surface area contributed by atoms with Crippen LogP contribution < -0.4 is 4.74 Å². The van der Waals surface area contributed by atoms with Crippen LogP contribution in [-0.4, -0.2) is 23.0 Å². The third kappa shape index (κ3) is 4.90. The Morgan fingerprint density at radius 1 is 1.12 bits per heavy atom. The van der Waals surface area contributed by atoms with Crippen molar-refractivity contribution in [1.82, 2.24) is 0 Å². The molecule has 0 amide bonds. The first-order chi connectivity index (χ1) is 12.0. The summed E-state index contributed by atoms with van der Waals surface area (Å²) >= 11 is 0. The number of phenolic OH excluding ortho intramolecular Hbond substituents is 1. The summed E-state index contributed by atoms with van der Waals surface area (Å²) in [5, 5.41) is 10.0. The molecule has 0 bridgehead atoms. The third-order valence-electron chi connectivity index (χ3n) is 4.76. The van der Waals surface area contributed by atoms with Gasteiger partial charge in [0.05, 0.1) is 0 Å². The van der Waals surface area contributed by atoms with E-state index in [1.54, 1.807) is 6.07 Å². The minimum atomic E-state index is -3.21. The lowest BCUT2D eigenvalue weighted by atomic mass is 9.91. The monoisotopic (exact) mass is 376 g/mol. The number of hydrogen-bond acceptors (Lipinski definition) is 3. The van der Waals surface area contributed by atoms with Crippen LogP contribution in [0.4, 0.5) is 0 Å². The maximum atomic E-state index is 11.5. The van der Waals surface area contributed by atoms with E-state index < -0.39 is 7.37 Å². The Balaban J connectivity index is 2.35. The number of aryl methyl sites for hydroxylation is 1. The summed E-state index contributed by atoms with van der Waals surface area (Å²) in [6.07, 6.45) is 0.590. The summed E-state index contributed by atoms with van der Waals surface area (Å²) in [6.45, 7) is 11.5. The van der Waals surface area contributed by atoms with E-state index in [9.17, 15) is 14.6 Å². The van der Waals surface area contributed by atoms with Crippen LogP contribution in [0.5, 0.6) is 11.5 Å². The zero-order valence-corrected chi connectivity index (χ0v) is 17.4. The molecule has 0 saturated carbocycles. The topological polar surface area (TPSA) is 66.8 Å². The molecule has 1 atom stereocenters. The predicted molar refractivity (Wildman–Crippen MR) is 107 cm³/mol. The standard InChI is InChI=1S/C21H29O4P/c1-13(2)18-10-17(7-8-20(18)22)11-19-14(3)9-21(16(5)15(19)4)25-12-26(6,23)24/h7-10,13,22H,11-12H2,1-6H3,(H,23,24). The van der Waals surface area contributed by atoms with Gasteiger partial charge in [0.1, 0.15) is 11.5 Å². The molecule has 0 fully saturated rings. The highest BCUT2D eigenvalue weighted by atomic mass is 31.2. The number of benzene rings is 2. The second-order valence-corrected chi connectivity index (χ2v) is 9.83. The van der Waals surface area contributed by atoms with Gasteiger partial charge in [-0.2, -0.15) is 0 Å². The van der Waals surface area contributed by atoms with Gasteiger partial charge in [0.2, 0.25) is 7.37 Å². The fraction of sp³-hybridized carbons (Fsp3) is 0.429. The number of rotatable bonds is 6. The van der Waals surface area contributed by atoms with E-state index in [4.69, 9.17) is 4.74 Å². The summed E-state index contributed by atoms with van der Waals surface area (Å²) < 4.78 is 17.1. The number of hydrogen-bond donors (Lipinski definition) is 2. The Morgan fingerprint density at radius 3 is 2.35 bits per heavy atom. The minimum Gasteiger partial charge on any atom is -0.508 e. The lowest BCUT2D eigenvalue weighted by Crippen LogP contribution is -2.04. The molecule has 0 saturated heterocycles. The minimum absolute atomic E-state index is 0.179. The highest BCUT2D eigenvalue weighted by Crippen LogP contribution is 2.37. The molecule has 0 aliphatic heterocycles. The molecule has 26 heavy (non-hydrogen) atoms. The van der Waals surface area contributed by atoms with Gasteiger partial charge in [-0.1, -0.05) is 26.0 Å². The number of ether oxygens (including phenoxy) is 1. The van der Waals surface area contributed by atoms with Gasteiger partial charge in [0.15, 0.2) is 6.35 Å². The highest BCUT2D eigenvalue weighted by Gasteiger charge is 2.16. The van der Waals surface area contributed by atoms with Gasteiger partial charge < -0.3 is 14.7 Å². The summed E-state index contributed by atoms with van der Waals surface area (Å²) in [6, 6.07) is 7.73. The Bertz CT molecular complexity index is 850. The largest absolute Gasteiger partial charge is 0.508 e. The van der Waals surface area contributed by atoms with E-state index in [0.717, 1.165) is 34.2 Å². The van der Waals surface area contributed by atoms with Crippen molar-refractivity contribution in [2.45, 2.75) is 47.0 Å². The van der Waals surface area contributed by atoms with E-state index in [0.29, 0.717) is 11.5 Å². The van der Waals surface area contributed by atoms with Crippen LogP contribution >= 0.6 is 7.37 Å². The molecule has 0 aliphatic rings. The van der Waals surface area contributed by atoms with Crippen LogP contribution in [0.25, 0.3) is 0 Å². The van der Waals surface area contributed by atoms with E-state index in [1.807, 2.05) is 26.0 Å². The first-order valence-corrected chi connectivity index (χ1v) is 11.1. The van der Waals surface area contributed by atoms with Gasteiger partial charge in [0, 0.05) is 6.66 Å². The average Bonchev–Trinajstić information content (AvgIpc) is 2.54. The molecule has 2 aromatic carbocycles. The smallest absolute Gasteiger partial charge is 0.233 e. The summed E-state index contributed by atoms with van der Waals surface area (Å²) in [5.74, 6) is 1.26. The molecular weight excluding hydrogens is 347 g/mol. The van der Waals surface area contributed by atoms with Crippen LogP contribution in [0.1, 0.15) is 53.1 Å². The van der Waals surface area contributed by atoms with Crippen LogP contribution in [0.15, 0.2) is 24.3 Å². The Kier molecular flexibility index (Phi) is 6.21. The predicted octanol–water partition coefficient (Wildman–Crippen LogP) is 5.27. The number of aromatic hydroxyl groups is 1. The molecule has 0 aliphatic carbocycles. The fourth-order valence-corrected chi connectivity index (χ4v) is 3.47. The summed E-state index contributed by atoms with van der Waals surface area (Å²) in [4.78, 5) is 9.46. The van der Waals surface area contributed by atoms with Crippen LogP contribution in [0, 0.1) is 20.8 Å². The lowest BCUT2D eigenvalue weighted by molar-refractivity contribution is 0.350. The van der Waals surface area contributed by atoms with Crippen molar-refractivity contribution in [3.8, 4) is 11.5 Å². The van der Waals surface area contributed by atoms with Crippen molar-refractivity contribution >= 4 is 7.37 Å². The fourth-order valence-electron chi connectivity index (χ4n) is 3.09. The molecule has 2 aromatic rings. The average molecular weight is 376 g/mol. The van der Waals surface area contributed by atoms with Gasteiger partial charge in [-0.3, -0.25) is 4.57 Å². The van der Waals surface area contributed by atoms with Gasteiger partial charge in [0.25, 0.3) is 0 Å². The van der Waals surface area contributed by atoms with Gasteiger partial charge >= 0.3 is 0 Å². The maximum absolute atomic E-state index is 11.5.